The molecule has 0 radical (unpaired) electrons. The van der Waals surface area contributed by atoms with Crippen LogP contribution in [-0.2, 0) is 18.9 Å². The number of nitrogens with zero attached hydrogens (tertiary/aromatic N) is 4. The maximum absolute atomic E-state index is 14.2. The molecular weight excluding hydrogens is 465 g/mol. The van der Waals surface area contributed by atoms with Crippen molar-refractivity contribution < 1.29 is 23.3 Å². The van der Waals surface area contributed by atoms with Crippen LogP contribution in [0.1, 0.15) is 44.9 Å². The lowest BCUT2D eigenvalue weighted by atomic mass is 10.1. The highest BCUT2D eigenvalue weighted by Gasteiger charge is 2.55. The molecule has 6 rings (SSSR count). The number of fused-ring (bicyclic) bond motifs is 2. The van der Waals surface area contributed by atoms with Crippen molar-refractivity contribution in [2.75, 3.05) is 12.4 Å². The summed E-state index contributed by atoms with van der Waals surface area (Å²) in [6.07, 6.45) is 8.28. The second-order valence-electron chi connectivity index (χ2n) is 10.00. The Balaban J connectivity index is 1.28. The highest BCUT2D eigenvalue weighted by molar-refractivity contribution is 5.82. The number of methoxy groups -OCH3 is 1. The summed E-state index contributed by atoms with van der Waals surface area (Å²) >= 11 is 0. The van der Waals surface area contributed by atoms with E-state index in [4.69, 9.17) is 18.9 Å². The monoisotopic (exact) mass is 495 g/mol. The van der Waals surface area contributed by atoms with E-state index >= 15 is 0 Å². The largest absolute Gasteiger partial charge is 0.381 e. The van der Waals surface area contributed by atoms with Gasteiger partial charge in [0, 0.05) is 18.7 Å². The van der Waals surface area contributed by atoms with Crippen molar-refractivity contribution in [3.05, 3.63) is 54.4 Å². The van der Waals surface area contributed by atoms with Crippen molar-refractivity contribution in [1.82, 2.24) is 19.5 Å². The number of anilines is 1. The molecule has 1 aromatic carbocycles. The van der Waals surface area contributed by atoms with Gasteiger partial charge in [0.05, 0.1) is 12.4 Å². The summed E-state index contributed by atoms with van der Waals surface area (Å²) in [5.41, 5.74) is 1.80. The van der Waals surface area contributed by atoms with Crippen molar-refractivity contribution in [2.45, 2.75) is 75.6 Å². The highest BCUT2D eigenvalue weighted by atomic mass is 19.1. The number of hydrogen-bond acceptors (Lipinski definition) is 8. The van der Waals surface area contributed by atoms with E-state index in [1.165, 1.54) is 12.4 Å². The van der Waals surface area contributed by atoms with Gasteiger partial charge in [-0.15, -0.1) is 0 Å². The van der Waals surface area contributed by atoms with Gasteiger partial charge in [0.25, 0.3) is 0 Å². The van der Waals surface area contributed by atoms with Gasteiger partial charge in [0.15, 0.2) is 29.0 Å². The number of benzene rings is 1. The molecule has 6 atom stereocenters. The first-order chi connectivity index (χ1) is 17.4. The summed E-state index contributed by atoms with van der Waals surface area (Å²) in [6.45, 7) is 3.76. The highest BCUT2D eigenvalue weighted by Crippen LogP contribution is 2.44. The number of halogens is 1. The van der Waals surface area contributed by atoms with Gasteiger partial charge >= 0.3 is 0 Å². The zero-order valence-corrected chi connectivity index (χ0v) is 20.5. The lowest BCUT2D eigenvalue weighted by Gasteiger charge is -2.24. The minimum absolute atomic E-state index is 0.262. The number of rotatable bonds is 6. The Hall–Kier alpha value is -2.92. The third-order valence-corrected chi connectivity index (χ3v) is 7.13. The van der Waals surface area contributed by atoms with E-state index in [-0.39, 0.29) is 24.1 Å². The number of hydrogen-bond donors (Lipinski definition) is 1. The average Bonchev–Trinajstić information content (AvgIpc) is 3.62. The number of ether oxygens (including phenoxy) is 4. The zero-order chi connectivity index (χ0) is 24.9. The van der Waals surface area contributed by atoms with Crippen molar-refractivity contribution >= 4 is 23.1 Å². The van der Waals surface area contributed by atoms with E-state index in [1.807, 2.05) is 24.5 Å². The fourth-order valence-electron chi connectivity index (χ4n) is 5.42. The SMILES string of the molecule is COC1CCC(Nc2ncnc3c2ncn3[C@@H]2O[C@H](C=Cc3ccccc3F)[C@H]3OC(C)(C)O[C@H]32)C1. The molecule has 9 nitrogen and oxygen atoms in total. The maximum atomic E-state index is 14.2. The third-order valence-electron chi connectivity index (χ3n) is 7.13. The van der Waals surface area contributed by atoms with E-state index < -0.39 is 24.2 Å². The summed E-state index contributed by atoms with van der Waals surface area (Å²) in [5.74, 6) is -0.380. The smallest absolute Gasteiger partial charge is 0.167 e. The molecule has 1 N–H and O–H groups in total. The minimum Gasteiger partial charge on any atom is -0.381 e. The molecule has 3 aliphatic rings. The molecule has 190 valence electrons. The Morgan fingerprint density at radius 2 is 1.97 bits per heavy atom. The Kier molecular flexibility index (Phi) is 5.99. The molecule has 1 saturated carbocycles. The standard InChI is InChI=1S/C26H30FN5O4/c1-26(2)35-21-19(11-8-15-6-4-5-7-18(15)27)34-25(22(21)36-26)32-14-30-20-23(28-13-29-24(20)32)31-16-9-10-17(12-16)33-3/h4-8,11,13-14,16-17,19,21-22,25H,9-10,12H2,1-3H3,(H,28,29,31)/t16?,17?,19-,21-,22-,25-/m1/s1. The van der Waals surface area contributed by atoms with Gasteiger partial charge in [-0.05, 0) is 39.2 Å². The molecule has 3 aromatic rings. The van der Waals surface area contributed by atoms with Gasteiger partial charge in [-0.3, -0.25) is 4.57 Å². The van der Waals surface area contributed by atoms with E-state index in [2.05, 4.69) is 20.3 Å². The van der Waals surface area contributed by atoms with Crippen LogP contribution in [0.25, 0.3) is 17.2 Å². The molecule has 4 heterocycles. The maximum Gasteiger partial charge on any atom is 0.167 e. The van der Waals surface area contributed by atoms with Crippen LogP contribution in [-0.4, -0.2) is 62.9 Å². The van der Waals surface area contributed by atoms with Crippen LogP contribution < -0.4 is 5.32 Å². The first kappa shape index (κ1) is 23.5. The molecule has 2 unspecified atom stereocenters. The molecule has 0 spiro atoms. The Morgan fingerprint density at radius 3 is 2.78 bits per heavy atom. The minimum atomic E-state index is -0.778. The molecular formula is C26H30FN5O4. The number of imidazole rings is 1. The van der Waals surface area contributed by atoms with E-state index in [0.717, 1.165) is 19.3 Å². The predicted octanol–water partition coefficient (Wildman–Crippen LogP) is 4.08. The molecule has 2 aliphatic heterocycles. The summed E-state index contributed by atoms with van der Waals surface area (Å²) in [5, 5.41) is 3.51. The molecule has 0 amide bonds. The summed E-state index contributed by atoms with van der Waals surface area (Å²) in [6, 6.07) is 6.89. The number of nitrogens with one attached hydrogen (secondary N) is 1. The topological polar surface area (TPSA) is 92.6 Å². The van der Waals surface area contributed by atoms with Crippen molar-refractivity contribution in [3.8, 4) is 0 Å². The van der Waals surface area contributed by atoms with Crippen molar-refractivity contribution in [1.29, 1.82) is 0 Å². The van der Waals surface area contributed by atoms with Gasteiger partial charge in [-0.1, -0.05) is 30.4 Å². The molecule has 2 saturated heterocycles. The quantitative estimate of drug-likeness (QED) is 0.547. The van der Waals surface area contributed by atoms with E-state index in [1.54, 1.807) is 37.7 Å². The Morgan fingerprint density at radius 1 is 1.14 bits per heavy atom. The fourth-order valence-corrected chi connectivity index (χ4v) is 5.42. The third kappa shape index (κ3) is 4.28. The van der Waals surface area contributed by atoms with Crippen molar-refractivity contribution in [2.24, 2.45) is 0 Å². The van der Waals surface area contributed by atoms with Crippen LogP contribution in [0.5, 0.6) is 0 Å². The Bertz CT molecular complexity index is 1280. The van der Waals surface area contributed by atoms with Crippen LogP contribution in [0.2, 0.25) is 0 Å². The molecule has 10 heteroatoms. The normalized spacial score (nSPS) is 31.4. The van der Waals surface area contributed by atoms with Crippen LogP contribution >= 0.6 is 0 Å². The molecule has 2 aromatic heterocycles. The van der Waals surface area contributed by atoms with Gasteiger partial charge in [-0.2, -0.15) is 0 Å². The lowest BCUT2D eigenvalue weighted by Crippen LogP contribution is -2.28. The molecule has 36 heavy (non-hydrogen) atoms. The first-order valence-corrected chi connectivity index (χ1v) is 12.3. The molecule has 3 fully saturated rings. The van der Waals surface area contributed by atoms with Gasteiger partial charge in [-0.25, -0.2) is 19.3 Å². The van der Waals surface area contributed by atoms with Gasteiger partial charge in [0.1, 0.15) is 30.5 Å². The molecule has 1 aliphatic carbocycles. The first-order valence-electron chi connectivity index (χ1n) is 12.3. The van der Waals surface area contributed by atoms with Crippen LogP contribution in [0.15, 0.2) is 43.0 Å². The second kappa shape index (κ2) is 9.19. The lowest BCUT2D eigenvalue weighted by molar-refractivity contribution is -0.191. The Labute approximate surface area is 208 Å². The fraction of sp³-hybridized carbons (Fsp3) is 0.500. The van der Waals surface area contributed by atoms with Crippen molar-refractivity contribution in [3.63, 3.8) is 0 Å². The average molecular weight is 496 g/mol. The van der Waals surface area contributed by atoms with Crippen LogP contribution in [0.3, 0.4) is 0 Å². The summed E-state index contributed by atoms with van der Waals surface area (Å²) in [7, 11) is 1.75. The van der Waals surface area contributed by atoms with Gasteiger partial charge < -0.3 is 24.3 Å². The predicted molar refractivity (Wildman–Crippen MR) is 131 cm³/mol. The zero-order valence-electron chi connectivity index (χ0n) is 20.5. The van der Waals surface area contributed by atoms with Gasteiger partial charge in [0.2, 0.25) is 0 Å². The van der Waals surface area contributed by atoms with E-state index in [9.17, 15) is 4.39 Å². The van der Waals surface area contributed by atoms with E-state index in [0.29, 0.717) is 22.5 Å². The summed E-state index contributed by atoms with van der Waals surface area (Å²) < 4.78 is 40.4. The second-order valence-corrected chi connectivity index (χ2v) is 10.00. The van der Waals surface area contributed by atoms with Crippen LogP contribution in [0, 0.1) is 5.82 Å². The van der Waals surface area contributed by atoms with Crippen LogP contribution in [0.4, 0.5) is 10.2 Å². The number of aromatic nitrogens is 4. The summed E-state index contributed by atoms with van der Waals surface area (Å²) in [4.78, 5) is 13.6. The molecule has 0 bridgehead atoms.